The van der Waals surface area contributed by atoms with E-state index in [0.717, 1.165) is 5.56 Å². The third-order valence-electron chi connectivity index (χ3n) is 3.98. The van der Waals surface area contributed by atoms with Crippen molar-refractivity contribution in [1.29, 1.82) is 0 Å². The predicted octanol–water partition coefficient (Wildman–Crippen LogP) is 2.08. The molecular formula is C16H19N3O4S. The minimum Gasteiger partial charge on any atom is -0.360 e. The van der Waals surface area contributed by atoms with E-state index in [1.165, 1.54) is 4.31 Å². The number of carbonyl (C=O) groups is 1. The van der Waals surface area contributed by atoms with Gasteiger partial charge in [-0.15, -0.1) is 0 Å². The monoisotopic (exact) mass is 349 g/mol. The lowest BCUT2D eigenvalue weighted by atomic mass is 10.2. The minimum atomic E-state index is -3.71. The van der Waals surface area contributed by atoms with Gasteiger partial charge in [-0.3, -0.25) is 4.79 Å². The number of benzene rings is 1. The van der Waals surface area contributed by atoms with Crippen LogP contribution in [0.3, 0.4) is 0 Å². The molecule has 0 saturated carbocycles. The minimum absolute atomic E-state index is 0.208. The summed E-state index contributed by atoms with van der Waals surface area (Å²) in [6, 6.07) is 7.55. The molecule has 24 heavy (non-hydrogen) atoms. The second-order valence-electron chi connectivity index (χ2n) is 5.90. The zero-order chi connectivity index (χ0) is 17.3. The molecule has 1 N–H and O–H groups in total. The normalized spacial score (nSPS) is 18.7. The van der Waals surface area contributed by atoms with E-state index < -0.39 is 22.0 Å². The van der Waals surface area contributed by atoms with Crippen LogP contribution in [-0.4, -0.2) is 36.4 Å². The van der Waals surface area contributed by atoms with E-state index in [1.54, 1.807) is 31.2 Å². The second-order valence-corrected chi connectivity index (χ2v) is 7.79. The van der Waals surface area contributed by atoms with E-state index in [2.05, 4.69) is 10.5 Å². The molecule has 2 aromatic rings. The molecule has 0 spiro atoms. The van der Waals surface area contributed by atoms with Gasteiger partial charge in [0.05, 0.1) is 4.90 Å². The number of hydrogen-bond acceptors (Lipinski definition) is 5. The average molecular weight is 349 g/mol. The van der Waals surface area contributed by atoms with Crippen LogP contribution >= 0.6 is 0 Å². The quantitative estimate of drug-likeness (QED) is 0.912. The maximum atomic E-state index is 12.9. The van der Waals surface area contributed by atoms with Crippen LogP contribution in [0, 0.1) is 13.8 Å². The number of carbonyl (C=O) groups excluding carboxylic acids is 1. The highest BCUT2D eigenvalue weighted by atomic mass is 32.2. The molecule has 1 aromatic carbocycles. The summed E-state index contributed by atoms with van der Waals surface area (Å²) in [5.74, 6) is 0.468. The van der Waals surface area contributed by atoms with Crippen molar-refractivity contribution in [3.8, 4) is 0 Å². The number of nitrogens with zero attached hydrogens (tertiary/aromatic N) is 2. The molecule has 1 atom stereocenters. The third kappa shape index (κ3) is 3.20. The summed E-state index contributed by atoms with van der Waals surface area (Å²) in [5, 5.41) is 6.33. The fraction of sp³-hybridized carbons (Fsp3) is 0.375. The first-order valence-electron chi connectivity index (χ1n) is 7.70. The molecule has 1 fully saturated rings. The third-order valence-corrected chi connectivity index (χ3v) is 5.89. The molecule has 8 heteroatoms. The molecule has 0 aliphatic carbocycles. The zero-order valence-electron chi connectivity index (χ0n) is 13.5. The molecule has 0 radical (unpaired) electrons. The van der Waals surface area contributed by atoms with Gasteiger partial charge in [-0.25, -0.2) is 8.42 Å². The van der Waals surface area contributed by atoms with E-state index in [4.69, 9.17) is 4.52 Å². The van der Waals surface area contributed by atoms with Gasteiger partial charge in [0.1, 0.15) is 11.8 Å². The number of amides is 1. The average Bonchev–Trinajstić information content (AvgIpc) is 3.16. The highest BCUT2D eigenvalue weighted by molar-refractivity contribution is 7.89. The number of nitrogens with one attached hydrogen (secondary N) is 1. The van der Waals surface area contributed by atoms with Gasteiger partial charge in [-0.1, -0.05) is 17.3 Å². The standard InChI is InChI=1S/C16H19N3O4S/c1-11-5-3-6-13(9-11)24(21,22)19-8-4-7-14(19)16(20)17-15-10-12(2)23-18-15/h3,5-6,9-10,14H,4,7-8H2,1-2H3,(H,17,18,20)/t14-/m0/s1. The Bertz CT molecular complexity index is 860. The summed E-state index contributed by atoms with van der Waals surface area (Å²) in [4.78, 5) is 12.7. The number of anilines is 1. The van der Waals surface area contributed by atoms with Crippen LogP contribution in [0.15, 0.2) is 39.8 Å². The Balaban J connectivity index is 1.83. The summed E-state index contributed by atoms with van der Waals surface area (Å²) in [7, 11) is -3.71. The van der Waals surface area contributed by atoms with Crippen molar-refractivity contribution >= 4 is 21.7 Å². The van der Waals surface area contributed by atoms with Crippen molar-refractivity contribution in [2.75, 3.05) is 11.9 Å². The molecule has 3 rings (SSSR count). The molecule has 1 amide bonds. The maximum Gasteiger partial charge on any atom is 0.244 e. The van der Waals surface area contributed by atoms with Crippen LogP contribution in [0.5, 0.6) is 0 Å². The van der Waals surface area contributed by atoms with Crippen LogP contribution in [0.2, 0.25) is 0 Å². The van der Waals surface area contributed by atoms with Crippen molar-refractivity contribution in [1.82, 2.24) is 9.46 Å². The first kappa shape index (κ1) is 16.7. The molecule has 1 aliphatic heterocycles. The van der Waals surface area contributed by atoms with Gasteiger partial charge in [0.15, 0.2) is 5.82 Å². The van der Waals surface area contributed by atoms with Gasteiger partial charge in [0.25, 0.3) is 0 Å². The summed E-state index contributed by atoms with van der Waals surface area (Å²) in [5.41, 5.74) is 0.856. The number of rotatable bonds is 4. The Morgan fingerprint density at radius 2 is 2.12 bits per heavy atom. The van der Waals surface area contributed by atoms with E-state index in [0.29, 0.717) is 25.1 Å². The van der Waals surface area contributed by atoms with Crippen molar-refractivity contribution in [2.45, 2.75) is 37.6 Å². The molecule has 1 saturated heterocycles. The number of hydrogen-bond donors (Lipinski definition) is 1. The van der Waals surface area contributed by atoms with Crippen LogP contribution in [0.4, 0.5) is 5.82 Å². The summed E-state index contributed by atoms with van der Waals surface area (Å²) in [6.45, 7) is 3.87. The molecule has 1 aromatic heterocycles. The summed E-state index contributed by atoms with van der Waals surface area (Å²) < 4.78 is 31.9. The van der Waals surface area contributed by atoms with Crippen molar-refractivity contribution in [3.05, 3.63) is 41.7 Å². The molecule has 2 heterocycles. The predicted molar refractivity (Wildman–Crippen MR) is 88.0 cm³/mol. The number of aryl methyl sites for hydroxylation is 2. The highest BCUT2D eigenvalue weighted by Gasteiger charge is 2.39. The Hall–Kier alpha value is -2.19. The fourth-order valence-corrected chi connectivity index (χ4v) is 4.60. The lowest BCUT2D eigenvalue weighted by molar-refractivity contribution is -0.119. The summed E-state index contributed by atoms with van der Waals surface area (Å²) in [6.07, 6.45) is 1.12. The zero-order valence-corrected chi connectivity index (χ0v) is 14.3. The van der Waals surface area contributed by atoms with Gasteiger partial charge in [-0.05, 0) is 44.4 Å². The molecule has 7 nitrogen and oxygen atoms in total. The fourth-order valence-electron chi connectivity index (χ4n) is 2.84. The molecule has 1 aliphatic rings. The lowest BCUT2D eigenvalue weighted by Crippen LogP contribution is -2.43. The van der Waals surface area contributed by atoms with E-state index in [1.807, 2.05) is 13.0 Å². The van der Waals surface area contributed by atoms with E-state index in [9.17, 15) is 13.2 Å². The van der Waals surface area contributed by atoms with Gasteiger partial charge in [0.2, 0.25) is 15.9 Å². The van der Waals surface area contributed by atoms with Crippen LogP contribution in [0.25, 0.3) is 0 Å². The molecular weight excluding hydrogens is 330 g/mol. The van der Waals surface area contributed by atoms with Gasteiger partial charge in [0, 0.05) is 12.6 Å². The SMILES string of the molecule is Cc1cccc(S(=O)(=O)N2CCC[C@H]2C(=O)Nc2cc(C)on2)c1. The Kier molecular flexibility index (Phi) is 4.42. The van der Waals surface area contributed by atoms with Gasteiger partial charge >= 0.3 is 0 Å². The molecule has 128 valence electrons. The maximum absolute atomic E-state index is 12.9. The smallest absolute Gasteiger partial charge is 0.244 e. The lowest BCUT2D eigenvalue weighted by Gasteiger charge is -2.23. The van der Waals surface area contributed by atoms with E-state index >= 15 is 0 Å². The van der Waals surface area contributed by atoms with Crippen molar-refractivity contribution < 1.29 is 17.7 Å². The Labute approximate surface area is 140 Å². The van der Waals surface area contributed by atoms with E-state index in [-0.39, 0.29) is 10.7 Å². The summed E-state index contributed by atoms with van der Waals surface area (Å²) >= 11 is 0. The number of aromatic nitrogens is 1. The topological polar surface area (TPSA) is 92.5 Å². The Morgan fingerprint density at radius 1 is 1.33 bits per heavy atom. The molecule has 0 bridgehead atoms. The van der Waals surface area contributed by atoms with Crippen LogP contribution in [0.1, 0.15) is 24.2 Å². The van der Waals surface area contributed by atoms with Gasteiger partial charge < -0.3 is 9.84 Å². The first-order valence-corrected chi connectivity index (χ1v) is 9.14. The second kappa shape index (κ2) is 6.37. The van der Waals surface area contributed by atoms with Gasteiger partial charge in [-0.2, -0.15) is 4.31 Å². The van der Waals surface area contributed by atoms with Crippen molar-refractivity contribution in [2.24, 2.45) is 0 Å². The number of sulfonamides is 1. The van der Waals surface area contributed by atoms with Crippen molar-refractivity contribution in [3.63, 3.8) is 0 Å². The largest absolute Gasteiger partial charge is 0.360 e. The van der Waals surface area contributed by atoms with Crippen LogP contribution in [-0.2, 0) is 14.8 Å². The molecule has 0 unspecified atom stereocenters. The highest BCUT2D eigenvalue weighted by Crippen LogP contribution is 2.27. The first-order chi connectivity index (χ1) is 11.4. The van der Waals surface area contributed by atoms with Crippen LogP contribution < -0.4 is 5.32 Å². The Morgan fingerprint density at radius 3 is 2.79 bits per heavy atom.